The predicted molar refractivity (Wildman–Crippen MR) is 98.7 cm³/mol. The fraction of sp³-hybridized carbons (Fsp3) is 0.455. The van der Waals surface area contributed by atoms with Gasteiger partial charge >= 0.3 is 0 Å². The molecule has 2 saturated carbocycles. The van der Waals surface area contributed by atoms with Crippen LogP contribution in [0.25, 0.3) is 0 Å². The van der Waals surface area contributed by atoms with E-state index < -0.39 is 5.60 Å². The highest BCUT2D eigenvalue weighted by atomic mass is 16.3. The molecule has 2 atom stereocenters. The summed E-state index contributed by atoms with van der Waals surface area (Å²) >= 11 is 0. The molecule has 128 valence electrons. The van der Waals surface area contributed by atoms with Crippen LogP contribution in [0.1, 0.15) is 24.0 Å². The minimum absolute atomic E-state index is 0.499. The summed E-state index contributed by atoms with van der Waals surface area (Å²) in [5.74, 6) is 1.88. The first-order chi connectivity index (χ1) is 12.2. The molecule has 0 radical (unpaired) electrons. The summed E-state index contributed by atoms with van der Waals surface area (Å²) in [5, 5.41) is 14.6. The van der Waals surface area contributed by atoms with Crippen molar-refractivity contribution >= 4 is 5.69 Å². The van der Waals surface area contributed by atoms with Crippen molar-refractivity contribution in [2.24, 2.45) is 11.8 Å². The minimum Gasteiger partial charge on any atom is -0.385 e. The highest BCUT2D eigenvalue weighted by Gasteiger charge is 2.87. The molecule has 3 heterocycles. The third kappa shape index (κ3) is 1.83. The molecule has 5 fully saturated rings. The quantitative estimate of drug-likeness (QED) is 0.907. The SMILES string of the molecule is OC1(c2ccccc2)CCN(c2ccc(C34CNC5C3C54)cc2)CC1. The van der Waals surface area contributed by atoms with Crippen molar-refractivity contribution in [3.63, 3.8) is 0 Å². The van der Waals surface area contributed by atoms with Gasteiger partial charge in [-0.2, -0.15) is 0 Å². The van der Waals surface area contributed by atoms with E-state index in [2.05, 4.69) is 34.5 Å². The highest BCUT2D eigenvalue weighted by Crippen LogP contribution is 2.80. The summed E-state index contributed by atoms with van der Waals surface area (Å²) < 4.78 is 0. The number of nitrogens with zero attached hydrogens (tertiary/aromatic N) is 1. The number of nitrogens with one attached hydrogen (secondary N) is 1. The van der Waals surface area contributed by atoms with E-state index >= 15 is 0 Å². The standard InChI is InChI=1S/C22H24N2O/c25-21(15-4-2-1-3-5-15)10-12-24(13-11-21)17-8-6-16(7-9-17)22-14-23-20-18(22)19(20)22/h1-9,18-20,23,25H,10-14H2. The van der Waals surface area contributed by atoms with Crippen LogP contribution >= 0.6 is 0 Å². The molecule has 3 aliphatic heterocycles. The lowest BCUT2D eigenvalue weighted by atomic mass is 9.84. The summed E-state index contributed by atoms with van der Waals surface area (Å²) in [6.07, 6.45) is 1.58. The summed E-state index contributed by atoms with van der Waals surface area (Å²) in [7, 11) is 0. The van der Waals surface area contributed by atoms with Gasteiger partial charge in [0.2, 0.25) is 0 Å². The number of hydrogen-bond acceptors (Lipinski definition) is 3. The van der Waals surface area contributed by atoms with Gasteiger partial charge in [-0.15, -0.1) is 0 Å². The van der Waals surface area contributed by atoms with E-state index in [1.165, 1.54) is 17.8 Å². The summed E-state index contributed by atoms with van der Waals surface area (Å²) in [6.45, 7) is 3.00. The topological polar surface area (TPSA) is 35.5 Å². The van der Waals surface area contributed by atoms with Crippen molar-refractivity contribution in [2.75, 3.05) is 24.5 Å². The van der Waals surface area contributed by atoms with Gasteiger partial charge in [0.1, 0.15) is 0 Å². The van der Waals surface area contributed by atoms with Crippen LogP contribution < -0.4 is 10.2 Å². The highest BCUT2D eigenvalue weighted by molar-refractivity contribution is 5.57. The maximum Gasteiger partial charge on any atom is 0.0930 e. The van der Waals surface area contributed by atoms with Crippen LogP contribution in [0.4, 0.5) is 5.69 Å². The van der Waals surface area contributed by atoms with Gasteiger partial charge in [-0.1, -0.05) is 42.5 Å². The Bertz CT molecular complexity index is 798. The first-order valence-electron chi connectivity index (χ1n) is 9.59. The number of fused-ring (bicyclic) bond motifs is 1. The molecule has 2 aromatic rings. The number of rotatable bonds is 3. The molecular formula is C22H24N2O. The molecule has 2 bridgehead atoms. The zero-order valence-electron chi connectivity index (χ0n) is 14.4. The Kier molecular flexibility index (Phi) is 2.67. The van der Waals surface area contributed by atoms with E-state index in [1.54, 1.807) is 0 Å². The molecule has 2 aromatic carbocycles. The van der Waals surface area contributed by atoms with Crippen molar-refractivity contribution in [3.8, 4) is 0 Å². The Morgan fingerprint density at radius 1 is 0.880 bits per heavy atom. The largest absolute Gasteiger partial charge is 0.385 e. The summed E-state index contributed by atoms with van der Waals surface area (Å²) in [5.41, 5.74) is 3.72. The van der Waals surface area contributed by atoms with Gasteiger partial charge in [-0.25, -0.2) is 0 Å². The molecule has 0 amide bonds. The molecular weight excluding hydrogens is 308 g/mol. The van der Waals surface area contributed by atoms with Crippen LogP contribution in [0.3, 0.4) is 0 Å². The predicted octanol–water partition coefficient (Wildman–Crippen LogP) is 2.64. The second kappa shape index (κ2) is 4.66. The molecule has 25 heavy (non-hydrogen) atoms. The molecule has 0 aromatic heterocycles. The molecule has 3 heteroatoms. The molecule has 7 rings (SSSR count). The van der Waals surface area contributed by atoms with Crippen LogP contribution in [-0.2, 0) is 11.0 Å². The normalized spacial score (nSPS) is 36.8. The Morgan fingerprint density at radius 2 is 1.56 bits per heavy atom. The number of benzene rings is 2. The zero-order chi connectivity index (χ0) is 16.6. The lowest BCUT2D eigenvalue weighted by molar-refractivity contribution is 0.0118. The molecule has 3 saturated heterocycles. The van der Waals surface area contributed by atoms with E-state index in [-0.39, 0.29) is 0 Å². The van der Waals surface area contributed by atoms with Gasteiger partial charge in [-0.3, -0.25) is 0 Å². The van der Waals surface area contributed by atoms with Crippen molar-refractivity contribution in [1.82, 2.24) is 5.32 Å². The summed E-state index contributed by atoms with van der Waals surface area (Å²) in [6, 6.07) is 20.3. The van der Waals surface area contributed by atoms with Crippen LogP contribution in [0.5, 0.6) is 0 Å². The zero-order valence-corrected chi connectivity index (χ0v) is 14.4. The molecule has 2 aliphatic carbocycles. The second-order valence-electron chi connectivity index (χ2n) is 8.43. The number of aliphatic hydroxyl groups is 1. The molecule has 3 nitrogen and oxygen atoms in total. The van der Waals surface area contributed by atoms with Gasteiger partial charge < -0.3 is 15.3 Å². The Hall–Kier alpha value is -1.84. The Labute approximate surface area is 148 Å². The first kappa shape index (κ1) is 14.3. The van der Waals surface area contributed by atoms with E-state index in [0.717, 1.165) is 49.4 Å². The van der Waals surface area contributed by atoms with E-state index in [1.807, 2.05) is 30.3 Å². The third-order valence-corrected chi connectivity index (χ3v) is 7.40. The molecule has 2 N–H and O–H groups in total. The van der Waals surface area contributed by atoms with Crippen LogP contribution in [0, 0.1) is 11.8 Å². The smallest absolute Gasteiger partial charge is 0.0930 e. The van der Waals surface area contributed by atoms with Crippen LogP contribution in [-0.4, -0.2) is 30.8 Å². The van der Waals surface area contributed by atoms with Crippen molar-refractivity contribution < 1.29 is 5.11 Å². The van der Waals surface area contributed by atoms with Crippen LogP contribution in [0.15, 0.2) is 54.6 Å². The third-order valence-electron chi connectivity index (χ3n) is 7.40. The van der Waals surface area contributed by atoms with Gasteiger partial charge in [0.05, 0.1) is 5.60 Å². The monoisotopic (exact) mass is 332 g/mol. The fourth-order valence-corrected chi connectivity index (χ4v) is 5.75. The van der Waals surface area contributed by atoms with Crippen LogP contribution in [0.2, 0.25) is 0 Å². The average Bonchev–Trinajstić information content (AvgIpc) is 3.47. The Balaban J connectivity index is 1.17. The molecule has 2 unspecified atom stereocenters. The maximum atomic E-state index is 11.0. The van der Waals surface area contributed by atoms with E-state index in [9.17, 15) is 5.11 Å². The van der Waals surface area contributed by atoms with Crippen molar-refractivity contribution in [2.45, 2.75) is 29.9 Å². The molecule has 0 spiro atoms. The van der Waals surface area contributed by atoms with Crippen molar-refractivity contribution in [1.29, 1.82) is 0 Å². The number of hydrogen-bond donors (Lipinski definition) is 2. The average molecular weight is 332 g/mol. The molecule has 5 aliphatic rings. The van der Waals surface area contributed by atoms with Crippen molar-refractivity contribution in [3.05, 3.63) is 65.7 Å². The fourth-order valence-electron chi connectivity index (χ4n) is 5.75. The van der Waals surface area contributed by atoms with Gasteiger partial charge in [0.25, 0.3) is 0 Å². The maximum absolute atomic E-state index is 11.0. The first-order valence-corrected chi connectivity index (χ1v) is 9.59. The Morgan fingerprint density at radius 3 is 2.16 bits per heavy atom. The number of anilines is 1. The minimum atomic E-state index is -0.670. The lowest BCUT2D eigenvalue weighted by Crippen LogP contribution is -2.42. The lowest BCUT2D eigenvalue weighted by Gasteiger charge is -2.39. The number of piperidine rings is 2. The van der Waals surface area contributed by atoms with Gasteiger partial charge in [-0.05, 0) is 47.9 Å². The van der Waals surface area contributed by atoms with Gasteiger partial charge in [0, 0.05) is 36.8 Å². The van der Waals surface area contributed by atoms with E-state index in [0.29, 0.717) is 5.41 Å². The summed E-state index contributed by atoms with van der Waals surface area (Å²) in [4.78, 5) is 2.42. The second-order valence-corrected chi connectivity index (χ2v) is 8.43. The van der Waals surface area contributed by atoms with Gasteiger partial charge in [0.15, 0.2) is 0 Å². The van der Waals surface area contributed by atoms with E-state index in [4.69, 9.17) is 0 Å².